The molecule has 1 saturated heterocycles. The van der Waals surface area contributed by atoms with Crippen LogP contribution in [0.15, 0.2) is 12.1 Å². The lowest BCUT2D eigenvalue weighted by atomic mass is 9.80. The van der Waals surface area contributed by atoms with Gasteiger partial charge in [0.25, 0.3) is 0 Å². The Bertz CT molecular complexity index is 703. The van der Waals surface area contributed by atoms with Crippen LogP contribution in [0, 0.1) is 17.7 Å². The molecule has 2 unspecified atom stereocenters. The van der Waals surface area contributed by atoms with E-state index in [1.807, 2.05) is 0 Å². The lowest BCUT2D eigenvalue weighted by molar-refractivity contribution is -0.140. The van der Waals surface area contributed by atoms with Gasteiger partial charge in [-0.25, -0.2) is 4.39 Å². The highest BCUT2D eigenvalue weighted by molar-refractivity contribution is 5.98. The maximum atomic E-state index is 14.4. The Morgan fingerprint density at radius 3 is 2.45 bits per heavy atom. The second-order valence-electron chi connectivity index (χ2n) is 8.07. The van der Waals surface area contributed by atoms with Crippen molar-refractivity contribution in [2.75, 3.05) is 13.2 Å². The summed E-state index contributed by atoms with van der Waals surface area (Å²) in [6.07, 6.45) is 2.73. The van der Waals surface area contributed by atoms with Crippen LogP contribution in [-0.4, -0.2) is 25.1 Å². The second-order valence-corrected chi connectivity index (χ2v) is 8.07. The molecule has 29 heavy (non-hydrogen) atoms. The average molecular weight is 416 g/mol. The summed E-state index contributed by atoms with van der Waals surface area (Å²) in [5.41, 5.74) is -2.17. The van der Waals surface area contributed by atoms with E-state index in [-0.39, 0.29) is 25.0 Å². The zero-order valence-electron chi connectivity index (χ0n) is 16.7. The average Bonchev–Trinajstić information content (AvgIpc) is 2.69. The molecule has 2 atom stereocenters. The first-order chi connectivity index (χ1) is 13.8. The van der Waals surface area contributed by atoms with Gasteiger partial charge >= 0.3 is 6.18 Å². The van der Waals surface area contributed by atoms with E-state index in [0.717, 1.165) is 37.8 Å². The summed E-state index contributed by atoms with van der Waals surface area (Å²) < 4.78 is 65.6. The monoisotopic (exact) mass is 416 g/mol. The smallest absolute Gasteiger partial charge is 0.420 e. The molecule has 1 saturated carbocycles. The van der Waals surface area contributed by atoms with Crippen LogP contribution in [0.25, 0.3) is 0 Å². The zero-order valence-corrected chi connectivity index (χ0v) is 16.7. The molecule has 0 aromatic heterocycles. The number of hydrogen-bond acceptors (Lipinski definition) is 3. The van der Waals surface area contributed by atoms with E-state index >= 15 is 0 Å². The number of hydrogen-bond donors (Lipinski definition) is 0. The summed E-state index contributed by atoms with van der Waals surface area (Å²) >= 11 is 0. The van der Waals surface area contributed by atoms with E-state index in [0.29, 0.717) is 12.5 Å². The fourth-order valence-corrected chi connectivity index (χ4v) is 4.57. The van der Waals surface area contributed by atoms with Crippen LogP contribution in [0.4, 0.5) is 17.6 Å². The van der Waals surface area contributed by atoms with Crippen molar-refractivity contribution in [1.29, 1.82) is 0 Å². The molecule has 2 fully saturated rings. The van der Waals surface area contributed by atoms with Gasteiger partial charge < -0.3 is 9.47 Å². The summed E-state index contributed by atoms with van der Waals surface area (Å²) in [4.78, 5) is 12.6. The first-order valence-electron chi connectivity index (χ1n) is 10.5. The van der Waals surface area contributed by atoms with Gasteiger partial charge in [0.05, 0.1) is 19.3 Å². The molecule has 3 nitrogen and oxygen atoms in total. The molecule has 0 spiro atoms. The third-order valence-electron chi connectivity index (χ3n) is 6.05. The second kappa shape index (κ2) is 9.45. The van der Waals surface area contributed by atoms with Gasteiger partial charge in [-0.15, -0.1) is 0 Å². The van der Waals surface area contributed by atoms with Gasteiger partial charge in [-0.2, -0.15) is 13.2 Å². The maximum absolute atomic E-state index is 14.4. The number of halogens is 4. The number of alkyl halides is 3. The zero-order chi connectivity index (χ0) is 21.0. The molecule has 1 aromatic rings. The number of ketones is 1. The Balaban J connectivity index is 1.67. The van der Waals surface area contributed by atoms with Crippen LogP contribution in [0.3, 0.4) is 0 Å². The van der Waals surface area contributed by atoms with Crippen molar-refractivity contribution in [3.63, 3.8) is 0 Å². The van der Waals surface area contributed by atoms with Crippen molar-refractivity contribution in [3.05, 3.63) is 29.1 Å². The van der Waals surface area contributed by atoms with Crippen molar-refractivity contribution >= 4 is 5.78 Å². The van der Waals surface area contributed by atoms with Gasteiger partial charge in [-0.3, -0.25) is 4.79 Å². The van der Waals surface area contributed by atoms with E-state index in [1.165, 1.54) is 19.3 Å². The Labute approximate surface area is 168 Å². The molecule has 0 bridgehead atoms. The van der Waals surface area contributed by atoms with E-state index < -0.39 is 34.7 Å². The van der Waals surface area contributed by atoms with E-state index in [9.17, 15) is 22.4 Å². The quantitative estimate of drug-likeness (QED) is 0.410. The molecule has 0 amide bonds. The van der Waals surface area contributed by atoms with E-state index in [1.54, 1.807) is 6.92 Å². The number of ether oxygens (including phenoxy) is 2. The van der Waals surface area contributed by atoms with E-state index in [2.05, 4.69) is 0 Å². The van der Waals surface area contributed by atoms with Crippen LogP contribution >= 0.6 is 0 Å². The number of rotatable bonds is 6. The summed E-state index contributed by atoms with van der Waals surface area (Å²) in [5.74, 6) is -2.31. The topological polar surface area (TPSA) is 35.5 Å². The first kappa shape index (κ1) is 22.1. The third-order valence-corrected chi connectivity index (χ3v) is 6.05. The Morgan fingerprint density at radius 2 is 1.86 bits per heavy atom. The fraction of sp³-hybridized carbons (Fsp3) is 0.682. The largest absolute Gasteiger partial charge is 0.491 e. The summed E-state index contributed by atoms with van der Waals surface area (Å²) in [5, 5.41) is 0. The fourth-order valence-electron chi connectivity index (χ4n) is 4.57. The molecule has 7 heteroatoms. The highest BCUT2D eigenvalue weighted by Gasteiger charge is 2.40. The Kier molecular flexibility index (Phi) is 7.19. The lowest BCUT2D eigenvalue weighted by Crippen LogP contribution is -2.34. The van der Waals surface area contributed by atoms with Crippen molar-refractivity contribution < 1.29 is 31.8 Å². The minimum Gasteiger partial charge on any atom is -0.491 e. The molecule has 162 valence electrons. The molecular weight excluding hydrogens is 388 g/mol. The molecule has 1 aliphatic heterocycles. The molecular formula is C22H28F4O3. The summed E-state index contributed by atoms with van der Waals surface area (Å²) in [6.45, 7) is 1.95. The molecule has 2 aliphatic rings. The molecule has 0 radical (unpaired) electrons. The van der Waals surface area contributed by atoms with Crippen molar-refractivity contribution in [3.8, 4) is 5.75 Å². The van der Waals surface area contributed by atoms with Crippen LogP contribution in [0.1, 0.15) is 74.2 Å². The molecule has 1 aliphatic carbocycles. The van der Waals surface area contributed by atoms with Crippen molar-refractivity contribution in [2.24, 2.45) is 11.8 Å². The summed E-state index contributed by atoms with van der Waals surface area (Å²) in [6, 6.07) is 2.12. The van der Waals surface area contributed by atoms with Crippen LogP contribution in [0.5, 0.6) is 5.75 Å². The minimum atomic E-state index is -4.97. The molecule has 1 heterocycles. The van der Waals surface area contributed by atoms with Crippen LogP contribution in [0.2, 0.25) is 0 Å². The SMILES string of the molecule is CCOc1ccc(C(=O)CC2CCC(C3CCCCC3)OC2)c(C(F)(F)F)c1F. The number of Topliss-reactive ketones (excluding diaryl/α,β-unsaturated/α-hetero) is 1. The molecule has 3 rings (SSSR count). The predicted molar refractivity (Wildman–Crippen MR) is 101 cm³/mol. The normalized spacial score (nSPS) is 23.8. The number of benzene rings is 1. The van der Waals surface area contributed by atoms with Gasteiger partial charge in [-0.05, 0) is 56.6 Å². The van der Waals surface area contributed by atoms with Crippen LogP contribution in [-0.2, 0) is 10.9 Å². The number of carbonyl (C=O) groups excluding carboxylic acids is 1. The summed E-state index contributed by atoms with van der Waals surface area (Å²) in [7, 11) is 0. The molecule has 1 aromatic carbocycles. The van der Waals surface area contributed by atoms with E-state index in [4.69, 9.17) is 9.47 Å². The van der Waals surface area contributed by atoms with Crippen molar-refractivity contribution in [2.45, 2.75) is 70.6 Å². The van der Waals surface area contributed by atoms with Gasteiger partial charge in [0.1, 0.15) is 5.56 Å². The standard InChI is InChI=1S/C22H28F4O3/c1-2-28-19-11-9-16(20(21(19)23)22(24,25)26)17(27)12-14-8-10-18(29-13-14)15-6-4-3-5-7-15/h9,11,14-15,18H,2-8,10,12-13H2,1H3. The minimum absolute atomic E-state index is 0.0308. The Hall–Kier alpha value is -1.63. The van der Waals surface area contributed by atoms with Gasteiger partial charge in [-0.1, -0.05) is 19.3 Å². The maximum Gasteiger partial charge on any atom is 0.420 e. The first-order valence-corrected chi connectivity index (χ1v) is 10.5. The third kappa shape index (κ3) is 5.30. The Morgan fingerprint density at radius 1 is 1.14 bits per heavy atom. The van der Waals surface area contributed by atoms with Crippen molar-refractivity contribution in [1.82, 2.24) is 0 Å². The van der Waals surface area contributed by atoms with Crippen LogP contribution < -0.4 is 4.74 Å². The van der Waals surface area contributed by atoms with Gasteiger partial charge in [0.15, 0.2) is 17.3 Å². The van der Waals surface area contributed by atoms with Gasteiger partial charge in [0.2, 0.25) is 0 Å². The molecule has 0 N–H and O–H groups in total. The number of carbonyl (C=O) groups is 1. The highest BCUT2D eigenvalue weighted by atomic mass is 19.4. The van der Waals surface area contributed by atoms with Gasteiger partial charge in [0, 0.05) is 12.0 Å². The predicted octanol–water partition coefficient (Wildman–Crippen LogP) is 6.19. The lowest BCUT2D eigenvalue weighted by Gasteiger charge is -2.35. The highest BCUT2D eigenvalue weighted by Crippen LogP contribution is 2.39.